The van der Waals surface area contributed by atoms with E-state index in [9.17, 15) is 17.6 Å². The molecule has 0 atom stereocenters. The van der Waals surface area contributed by atoms with Crippen LogP contribution in [0.15, 0.2) is 73.1 Å². The molecular weight excluding hydrogens is 584 g/mol. The third-order valence-corrected chi connectivity index (χ3v) is 4.24. The molecule has 0 unspecified atom stereocenters. The van der Waals surface area contributed by atoms with Crippen molar-refractivity contribution < 1.29 is 37.7 Å². The molecule has 4 rings (SSSR count). The summed E-state index contributed by atoms with van der Waals surface area (Å²) in [6, 6.07) is 14.0. The quantitative estimate of drug-likeness (QED) is 0.240. The number of hydrogen-bond acceptors (Lipinski definition) is 2. The summed E-state index contributed by atoms with van der Waals surface area (Å²) in [5, 5.41) is 0. The number of hydrogen-bond donors (Lipinski definition) is 0. The summed E-state index contributed by atoms with van der Waals surface area (Å²) in [5.74, 6) is -2.34. The largest absolute Gasteiger partial charge is 3.00 e. The third-order valence-electron chi connectivity index (χ3n) is 4.24. The van der Waals surface area contributed by atoms with Gasteiger partial charge in [0.25, 0.3) is 0 Å². The van der Waals surface area contributed by atoms with Crippen LogP contribution in [0.2, 0.25) is 0 Å². The average molecular weight is 603 g/mol. The Balaban J connectivity index is 0.000000213. The van der Waals surface area contributed by atoms with E-state index < -0.39 is 23.3 Å². The number of aromatic nitrogens is 2. The predicted molar refractivity (Wildman–Crippen MR) is 109 cm³/mol. The van der Waals surface area contributed by atoms with Gasteiger partial charge >= 0.3 is 20.1 Å². The first-order chi connectivity index (χ1) is 14.3. The van der Waals surface area contributed by atoms with E-state index >= 15 is 0 Å². The molecule has 0 radical (unpaired) electrons. The van der Waals surface area contributed by atoms with Gasteiger partial charge in [-0.3, -0.25) is 9.97 Å². The van der Waals surface area contributed by atoms with E-state index in [0.29, 0.717) is 22.5 Å². The first kappa shape index (κ1) is 24.4. The molecule has 0 aliphatic heterocycles. The van der Waals surface area contributed by atoms with E-state index in [0.717, 1.165) is 23.3 Å². The van der Waals surface area contributed by atoms with Crippen LogP contribution in [0.4, 0.5) is 17.6 Å². The van der Waals surface area contributed by atoms with Crippen LogP contribution in [0.25, 0.3) is 22.5 Å². The first-order valence-electron chi connectivity index (χ1n) is 9.09. The van der Waals surface area contributed by atoms with Crippen LogP contribution in [0.5, 0.6) is 0 Å². The zero-order valence-corrected chi connectivity index (χ0v) is 19.1. The normalized spacial score (nSPS) is 10.0. The van der Waals surface area contributed by atoms with Crippen molar-refractivity contribution in [1.29, 1.82) is 0 Å². The molecule has 0 saturated heterocycles. The fourth-order valence-electron chi connectivity index (χ4n) is 2.65. The average Bonchev–Trinajstić information content (AvgIpc) is 2.70. The third kappa shape index (κ3) is 6.54. The van der Waals surface area contributed by atoms with Gasteiger partial charge in [-0.25, -0.2) is 17.6 Å². The van der Waals surface area contributed by atoms with Crippen LogP contribution in [0.3, 0.4) is 0 Å². The molecule has 0 aliphatic rings. The van der Waals surface area contributed by atoms with Crippen molar-refractivity contribution in [2.75, 3.05) is 0 Å². The van der Waals surface area contributed by atoms with E-state index in [1.807, 2.05) is 26.0 Å². The number of aryl methyl sites for hydroxylation is 2. The van der Waals surface area contributed by atoms with Gasteiger partial charge < -0.3 is 0 Å². The molecule has 7 heteroatoms. The van der Waals surface area contributed by atoms with Gasteiger partial charge in [-0.1, -0.05) is 12.1 Å². The second-order valence-corrected chi connectivity index (χ2v) is 6.69. The Labute approximate surface area is 191 Å². The summed E-state index contributed by atoms with van der Waals surface area (Å²) in [7, 11) is 0. The van der Waals surface area contributed by atoms with Crippen LogP contribution < -0.4 is 0 Å². The van der Waals surface area contributed by atoms with E-state index in [4.69, 9.17) is 0 Å². The standard InChI is InChI=1S/2C12H9F2N.Ir/c2*1-8-2-5-12(15-7-8)10-4-3-9(13)6-11(10)14;/h2*2-7H,1H3;/q;;+3. The van der Waals surface area contributed by atoms with Crippen molar-refractivity contribution in [3.05, 3.63) is 107 Å². The van der Waals surface area contributed by atoms with E-state index in [-0.39, 0.29) is 20.1 Å². The number of rotatable bonds is 2. The van der Waals surface area contributed by atoms with Crippen molar-refractivity contribution in [2.24, 2.45) is 0 Å². The first-order valence-corrected chi connectivity index (χ1v) is 9.09. The molecule has 0 fully saturated rings. The van der Waals surface area contributed by atoms with Crippen molar-refractivity contribution in [3.8, 4) is 22.5 Å². The summed E-state index contributed by atoms with van der Waals surface area (Å²) in [5.41, 5.74) is 3.66. The number of pyridine rings is 2. The Morgan fingerprint density at radius 2 is 0.935 bits per heavy atom. The van der Waals surface area contributed by atoms with Gasteiger partial charge in [-0.2, -0.15) is 0 Å². The predicted octanol–water partition coefficient (Wildman–Crippen LogP) is 6.67. The molecule has 31 heavy (non-hydrogen) atoms. The maximum Gasteiger partial charge on any atom is 3.00 e. The molecule has 0 aliphatic carbocycles. The molecule has 158 valence electrons. The minimum atomic E-state index is -0.591. The minimum absolute atomic E-state index is 0. The van der Waals surface area contributed by atoms with Crippen molar-refractivity contribution >= 4 is 0 Å². The second-order valence-electron chi connectivity index (χ2n) is 6.69. The fraction of sp³-hybridized carbons (Fsp3) is 0.0833. The SMILES string of the molecule is Cc1ccc(-c2ccc(F)cc2F)nc1.Cc1ccc(-c2ccc(F)cc2F)nc1.[Ir+3]. The van der Waals surface area contributed by atoms with E-state index in [1.165, 1.54) is 24.3 Å². The molecule has 2 aromatic carbocycles. The van der Waals surface area contributed by atoms with Crippen molar-refractivity contribution in [3.63, 3.8) is 0 Å². The van der Waals surface area contributed by atoms with E-state index in [1.54, 1.807) is 24.5 Å². The summed E-state index contributed by atoms with van der Waals surface area (Å²) in [6.07, 6.45) is 3.30. The summed E-state index contributed by atoms with van der Waals surface area (Å²) >= 11 is 0. The number of halogens is 4. The van der Waals surface area contributed by atoms with Crippen LogP contribution in [0.1, 0.15) is 11.1 Å². The monoisotopic (exact) mass is 603 g/mol. The van der Waals surface area contributed by atoms with Crippen LogP contribution in [-0.2, 0) is 20.1 Å². The number of nitrogens with zero attached hydrogens (tertiary/aromatic N) is 2. The Morgan fingerprint density at radius 1 is 0.548 bits per heavy atom. The summed E-state index contributed by atoms with van der Waals surface area (Å²) < 4.78 is 52.0. The Hall–Kier alpha value is -2.89. The Morgan fingerprint density at radius 3 is 1.23 bits per heavy atom. The van der Waals surface area contributed by atoms with Crippen molar-refractivity contribution in [1.82, 2.24) is 9.97 Å². The molecule has 4 aromatic rings. The van der Waals surface area contributed by atoms with Gasteiger partial charge in [-0.05, 0) is 61.4 Å². The summed E-state index contributed by atoms with van der Waals surface area (Å²) in [6.45, 7) is 3.80. The molecule has 0 amide bonds. The zero-order chi connectivity index (χ0) is 21.7. The summed E-state index contributed by atoms with van der Waals surface area (Å²) in [4.78, 5) is 8.15. The van der Waals surface area contributed by atoms with Gasteiger partial charge in [0, 0.05) is 35.7 Å². The second kappa shape index (κ2) is 10.9. The van der Waals surface area contributed by atoms with Gasteiger partial charge in [-0.15, -0.1) is 0 Å². The van der Waals surface area contributed by atoms with Gasteiger partial charge in [0.15, 0.2) is 0 Å². The molecule has 0 bridgehead atoms. The van der Waals surface area contributed by atoms with Crippen LogP contribution >= 0.6 is 0 Å². The topological polar surface area (TPSA) is 25.8 Å². The molecule has 0 spiro atoms. The maximum absolute atomic E-state index is 13.4. The molecule has 2 aromatic heterocycles. The molecule has 2 heterocycles. The molecule has 0 saturated carbocycles. The molecular formula is C24H18F4IrN2+3. The minimum Gasteiger partial charge on any atom is -0.256 e. The van der Waals surface area contributed by atoms with Crippen LogP contribution in [-0.4, -0.2) is 9.97 Å². The smallest absolute Gasteiger partial charge is 0.256 e. The van der Waals surface area contributed by atoms with Gasteiger partial charge in [0.05, 0.1) is 11.4 Å². The Kier molecular flexibility index (Phi) is 8.60. The Bertz CT molecular complexity index is 1050. The van der Waals surface area contributed by atoms with Crippen molar-refractivity contribution in [2.45, 2.75) is 13.8 Å². The zero-order valence-electron chi connectivity index (χ0n) is 16.7. The van der Waals surface area contributed by atoms with E-state index in [2.05, 4.69) is 9.97 Å². The van der Waals surface area contributed by atoms with Gasteiger partial charge in [0.2, 0.25) is 0 Å². The van der Waals surface area contributed by atoms with Crippen LogP contribution in [0, 0.1) is 37.1 Å². The maximum atomic E-state index is 13.4. The number of benzene rings is 2. The molecule has 2 nitrogen and oxygen atoms in total. The van der Waals surface area contributed by atoms with Gasteiger partial charge in [0.1, 0.15) is 23.3 Å². The molecule has 0 N–H and O–H groups in total. The fourth-order valence-corrected chi connectivity index (χ4v) is 2.65.